The SMILES string of the molecule is C[C@@]12CCC[C@H]1[C@@H]1CCC3NCCC[C@]3(C)[C@H]1CC2. The number of nitrogens with one attached hydrogen (secondary N) is 1. The maximum absolute atomic E-state index is 3.86. The lowest BCUT2D eigenvalue weighted by Crippen LogP contribution is -2.59. The van der Waals surface area contributed by atoms with Gasteiger partial charge in [-0.2, -0.15) is 0 Å². The zero-order valence-electron chi connectivity index (χ0n) is 12.9. The molecule has 3 aliphatic carbocycles. The highest BCUT2D eigenvalue weighted by molar-refractivity contribution is 5.08. The number of piperidine rings is 1. The Morgan fingerprint density at radius 3 is 2.63 bits per heavy atom. The van der Waals surface area contributed by atoms with Gasteiger partial charge in [-0.3, -0.25) is 0 Å². The molecule has 1 heterocycles. The normalized spacial score (nSPS) is 57.2. The molecular weight excluding hydrogens is 230 g/mol. The highest BCUT2D eigenvalue weighted by Crippen LogP contribution is 2.63. The molecule has 3 saturated carbocycles. The monoisotopic (exact) mass is 261 g/mol. The molecule has 1 heteroatoms. The maximum atomic E-state index is 3.86. The lowest BCUT2D eigenvalue weighted by atomic mass is 9.48. The minimum Gasteiger partial charge on any atom is -0.313 e. The van der Waals surface area contributed by atoms with Crippen LogP contribution in [0.15, 0.2) is 0 Å². The molecule has 19 heavy (non-hydrogen) atoms. The predicted octanol–water partition coefficient (Wildman–Crippen LogP) is 4.37. The minimum atomic E-state index is 0.630. The minimum absolute atomic E-state index is 0.630. The molecule has 0 aromatic heterocycles. The third-order valence-corrected chi connectivity index (χ3v) is 7.93. The van der Waals surface area contributed by atoms with E-state index in [2.05, 4.69) is 19.2 Å². The average Bonchev–Trinajstić information content (AvgIpc) is 2.79. The van der Waals surface area contributed by atoms with Crippen molar-refractivity contribution >= 4 is 0 Å². The first-order valence-electron chi connectivity index (χ1n) is 8.87. The van der Waals surface area contributed by atoms with Crippen LogP contribution in [0.3, 0.4) is 0 Å². The number of hydrogen-bond donors (Lipinski definition) is 1. The molecule has 4 rings (SSSR count). The van der Waals surface area contributed by atoms with Gasteiger partial charge in [0.05, 0.1) is 0 Å². The molecule has 0 spiro atoms. The Hall–Kier alpha value is -0.0400. The van der Waals surface area contributed by atoms with E-state index >= 15 is 0 Å². The van der Waals surface area contributed by atoms with Crippen LogP contribution >= 0.6 is 0 Å². The highest BCUT2D eigenvalue weighted by atomic mass is 15.0. The van der Waals surface area contributed by atoms with Crippen LogP contribution in [0.1, 0.15) is 71.6 Å². The van der Waals surface area contributed by atoms with Crippen LogP contribution in [0.5, 0.6) is 0 Å². The summed E-state index contributed by atoms with van der Waals surface area (Å²) in [5, 5.41) is 3.86. The lowest BCUT2D eigenvalue weighted by Gasteiger charge is -2.60. The molecule has 0 amide bonds. The quantitative estimate of drug-likeness (QED) is 0.682. The number of rotatable bonds is 0. The van der Waals surface area contributed by atoms with E-state index in [0.29, 0.717) is 5.41 Å². The van der Waals surface area contributed by atoms with Crippen LogP contribution < -0.4 is 5.32 Å². The van der Waals surface area contributed by atoms with Crippen molar-refractivity contribution < 1.29 is 0 Å². The molecule has 1 nitrogen and oxygen atoms in total. The predicted molar refractivity (Wildman–Crippen MR) is 80.0 cm³/mol. The lowest BCUT2D eigenvalue weighted by molar-refractivity contribution is -0.0847. The fourth-order valence-electron chi connectivity index (χ4n) is 6.89. The van der Waals surface area contributed by atoms with Crippen LogP contribution in [-0.2, 0) is 0 Å². The van der Waals surface area contributed by atoms with Crippen molar-refractivity contribution in [3.8, 4) is 0 Å². The molecule has 108 valence electrons. The van der Waals surface area contributed by atoms with E-state index in [9.17, 15) is 0 Å². The molecular formula is C18H31N. The summed E-state index contributed by atoms with van der Waals surface area (Å²) in [7, 11) is 0. The summed E-state index contributed by atoms with van der Waals surface area (Å²) in [5.41, 5.74) is 1.36. The van der Waals surface area contributed by atoms with Crippen LogP contribution in [-0.4, -0.2) is 12.6 Å². The summed E-state index contributed by atoms with van der Waals surface area (Å²) in [4.78, 5) is 0. The number of fused-ring (bicyclic) bond motifs is 5. The Balaban J connectivity index is 1.64. The van der Waals surface area contributed by atoms with Gasteiger partial charge >= 0.3 is 0 Å². The van der Waals surface area contributed by atoms with Crippen molar-refractivity contribution in [2.24, 2.45) is 28.6 Å². The van der Waals surface area contributed by atoms with E-state index in [1.54, 1.807) is 6.42 Å². The molecule has 1 saturated heterocycles. The summed E-state index contributed by atoms with van der Waals surface area (Å²) in [6.07, 6.45) is 13.6. The second-order valence-corrected chi connectivity index (χ2v) is 8.66. The Kier molecular flexibility index (Phi) is 2.82. The molecule has 1 aliphatic heterocycles. The second-order valence-electron chi connectivity index (χ2n) is 8.66. The second kappa shape index (κ2) is 4.23. The topological polar surface area (TPSA) is 12.0 Å². The Morgan fingerprint density at radius 1 is 0.842 bits per heavy atom. The molecule has 4 fully saturated rings. The first kappa shape index (κ1) is 12.7. The molecule has 0 aromatic carbocycles. The fraction of sp³-hybridized carbons (Fsp3) is 1.00. The summed E-state index contributed by atoms with van der Waals surface area (Å²) >= 11 is 0. The van der Waals surface area contributed by atoms with Gasteiger partial charge in [0, 0.05) is 6.04 Å². The zero-order valence-corrected chi connectivity index (χ0v) is 12.9. The van der Waals surface area contributed by atoms with Crippen molar-refractivity contribution in [2.45, 2.75) is 77.7 Å². The summed E-state index contributed by atoms with van der Waals surface area (Å²) in [6, 6.07) is 0.841. The van der Waals surface area contributed by atoms with E-state index in [0.717, 1.165) is 29.2 Å². The van der Waals surface area contributed by atoms with Gasteiger partial charge in [-0.25, -0.2) is 0 Å². The summed E-state index contributed by atoms with van der Waals surface area (Å²) in [6.45, 7) is 6.53. The summed E-state index contributed by atoms with van der Waals surface area (Å²) < 4.78 is 0. The van der Waals surface area contributed by atoms with Crippen molar-refractivity contribution in [3.05, 3.63) is 0 Å². The van der Waals surface area contributed by atoms with E-state index < -0.39 is 0 Å². The van der Waals surface area contributed by atoms with Crippen molar-refractivity contribution in [1.29, 1.82) is 0 Å². The average molecular weight is 261 g/mol. The molecule has 4 aliphatic rings. The molecule has 1 N–H and O–H groups in total. The fourth-order valence-corrected chi connectivity index (χ4v) is 6.89. The molecule has 0 bridgehead atoms. The summed E-state index contributed by atoms with van der Waals surface area (Å²) in [5.74, 6) is 3.18. The van der Waals surface area contributed by atoms with Gasteiger partial charge in [0.1, 0.15) is 0 Å². The maximum Gasteiger partial charge on any atom is 0.0124 e. The van der Waals surface area contributed by atoms with E-state index in [1.165, 1.54) is 57.9 Å². The molecule has 1 unspecified atom stereocenters. The van der Waals surface area contributed by atoms with E-state index in [4.69, 9.17) is 0 Å². The Bertz CT molecular complexity index is 365. The smallest absolute Gasteiger partial charge is 0.0124 e. The number of hydrogen-bond acceptors (Lipinski definition) is 1. The largest absolute Gasteiger partial charge is 0.313 e. The first-order valence-corrected chi connectivity index (χ1v) is 8.87. The van der Waals surface area contributed by atoms with Crippen molar-refractivity contribution in [2.75, 3.05) is 6.54 Å². The third-order valence-electron chi connectivity index (χ3n) is 7.93. The van der Waals surface area contributed by atoms with Gasteiger partial charge < -0.3 is 5.32 Å². The first-order chi connectivity index (χ1) is 9.13. The standard InChI is InChI=1S/C18H31N/c1-17-9-3-5-14(17)13-6-7-16-18(2,10-4-12-19-16)15(13)8-11-17/h13-16,19H,3-12H2,1-2H3/t13-,14-,15-,16?,17-,18+/m0/s1. The van der Waals surface area contributed by atoms with Gasteiger partial charge in [0.2, 0.25) is 0 Å². The Morgan fingerprint density at radius 2 is 1.74 bits per heavy atom. The van der Waals surface area contributed by atoms with Crippen LogP contribution in [0.2, 0.25) is 0 Å². The Labute approximate surface area is 118 Å². The van der Waals surface area contributed by atoms with Crippen molar-refractivity contribution in [3.63, 3.8) is 0 Å². The van der Waals surface area contributed by atoms with Gasteiger partial charge in [0.15, 0.2) is 0 Å². The third kappa shape index (κ3) is 1.69. The highest BCUT2D eigenvalue weighted by Gasteiger charge is 2.57. The van der Waals surface area contributed by atoms with E-state index in [1.807, 2.05) is 0 Å². The molecule has 6 atom stereocenters. The molecule has 0 aromatic rings. The van der Waals surface area contributed by atoms with E-state index in [-0.39, 0.29) is 0 Å². The molecule has 0 radical (unpaired) electrons. The van der Waals surface area contributed by atoms with Gasteiger partial charge in [0.25, 0.3) is 0 Å². The van der Waals surface area contributed by atoms with Gasteiger partial charge in [-0.15, -0.1) is 0 Å². The van der Waals surface area contributed by atoms with Gasteiger partial charge in [-0.05, 0) is 86.5 Å². The zero-order chi connectivity index (χ0) is 13.1. The van der Waals surface area contributed by atoms with Crippen LogP contribution in [0.4, 0.5) is 0 Å². The van der Waals surface area contributed by atoms with Gasteiger partial charge in [-0.1, -0.05) is 20.3 Å². The van der Waals surface area contributed by atoms with Crippen LogP contribution in [0, 0.1) is 28.6 Å². The van der Waals surface area contributed by atoms with Crippen molar-refractivity contribution in [1.82, 2.24) is 5.32 Å². The van der Waals surface area contributed by atoms with Crippen LogP contribution in [0.25, 0.3) is 0 Å².